The maximum absolute atomic E-state index is 6.18. The summed E-state index contributed by atoms with van der Waals surface area (Å²) in [5, 5.41) is 0. The second kappa shape index (κ2) is 8.06. The highest BCUT2D eigenvalue weighted by Crippen LogP contribution is 2.37. The van der Waals surface area contributed by atoms with Crippen LogP contribution in [-0.4, -0.2) is 41.8 Å². The second-order valence-corrected chi connectivity index (χ2v) is 7.57. The van der Waals surface area contributed by atoms with Crippen LogP contribution in [0.4, 0.5) is 5.69 Å². The van der Waals surface area contributed by atoms with E-state index in [4.69, 9.17) is 16.2 Å². The molecule has 30 heavy (non-hydrogen) atoms. The standard InChI is InChI=1S/C26H23N3O/c1-2-20-9-3-4-10-21(20)19-28-15-17-29(18-16-28)26-22-11-5-7-13-24(22)30-25-14-8-6-12-23(25)27-26/h1,3-14H,15-19H2. The van der Waals surface area contributed by atoms with Gasteiger partial charge in [-0.25, -0.2) is 4.99 Å². The molecule has 4 heteroatoms. The maximum atomic E-state index is 6.18. The van der Waals surface area contributed by atoms with Crippen molar-refractivity contribution in [3.63, 3.8) is 0 Å². The Balaban J connectivity index is 1.38. The molecule has 0 saturated carbocycles. The minimum Gasteiger partial charge on any atom is -0.454 e. The molecule has 2 aliphatic heterocycles. The number of piperazine rings is 1. The lowest BCUT2D eigenvalue weighted by Crippen LogP contribution is -2.48. The largest absolute Gasteiger partial charge is 0.454 e. The van der Waals surface area contributed by atoms with Crippen LogP contribution in [0.1, 0.15) is 16.7 Å². The van der Waals surface area contributed by atoms with Crippen LogP contribution >= 0.6 is 0 Å². The summed E-state index contributed by atoms with van der Waals surface area (Å²) >= 11 is 0. The summed E-state index contributed by atoms with van der Waals surface area (Å²) in [5.74, 6) is 5.44. The fraction of sp³-hybridized carbons (Fsp3) is 0.192. The monoisotopic (exact) mass is 393 g/mol. The zero-order chi connectivity index (χ0) is 20.3. The van der Waals surface area contributed by atoms with Crippen molar-refractivity contribution in [2.75, 3.05) is 26.2 Å². The molecule has 3 aromatic rings. The van der Waals surface area contributed by atoms with Crippen LogP contribution in [0.15, 0.2) is 77.8 Å². The van der Waals surface area contributed by atoms with Crippen molar-refractivity contribution in [3.05, 3.63) is 89.5 Å². The molecule has 0 aromatic heterocycles. The molecule has 0 aliphatic carbocycles. The fourth-order valence-corrected chi connectivity index (χ4v) is 4.07. The van der Waals surface area contributed by atoms with Crippen LogP contribution in [0.2, 0.25) is 0 Å². The van der Waals surface area contributed by atoms with Crippen LogP contribution in [-0.2, 0) is 6.54 Å². The number of ether oxygens (including phenoxy) is 1. The number of hydrogen-bond acceptors (Lipinski definition) is 4. The van der Waals surface area contributed by atoms with Crippen LogP contribution in [0.5, 0.6) is 11.5 Å². The average Bonchev–Trinajstić information content (AvgIpc) is 2.97. The van der Waals surface area contributed by atoms with E-state index in [2.05, 4.69) is 33.9 Å². The molecule has 0 unspecified atom stereocenters. The SMILES string of the molecule is C#Cc1ccccc1CN1CCN(C2=Nc3ccccc3Oc3ccccc32)CC1. The van der Waals surface area contributed by atoms with Gasteiger partial charge >= 0.3 is 0 Å². The Bertz CT molecular complexity index is 1140. The third kappa shape index (κ3) is 3.56. The van der Waals surface area contributed by atoms with Crippen molar-refractivity contribution in [1.82, 2.24) is 9.80 Å². The Morgan fingerprint density at radius 2 is 1.53 bits per heavy atom. The van der Waals surface area contributed by atoms with E-state index in [0.717, 1.165) is 66.9 Å². The quantitative estimate of drug-likeness (QED) is 0.593. The molecule has 1 fully saturated rings. The van der Waals surface area contributed by atoms with Crippen LogP contribution in [0.3, 0.4) is 0 Å². The number of rotatable bonds is 2. The smallest absolute Gasteiger partial charge is 0.153 e. The fourth-order valence-electron chi connectivity index (χ4n) is 4.07. The van der Waals surface area contributed by atoms with Gasteiger partial charge in [0, 0.05) is 38.3 Å². The first-order chi connectivity index (χ1) is 14.8. The summed E-state index contributed by atoms with van der Waals surface area (Å²) in [4.78, 5) is 9.84. The number of terminal acetylenes is 1. The molecular formula is C26H23N3O. The minimum atomic E-state index is 0.796. The first kappa shape index (κ1) is 18.5. The van der Waals surface area contributed by atoms with Crippen molar-refractivity contribution in [3.8, 4) is 23.8 Å². The number of benzene rings is 3. The summed E-state index contributed by atoms with van der Waals surface area (Å²) in [5.41, 5.74) is 4.11. The molecule has 1 saturated heterocycles. The van der Waals surface area contributed by atoms with Crippen molar-refractivity contribution >= 4 is 11.5 Å². The molecule has 2 heterocycles. The van der Waals surface area contributed by atoms with Gasteiger partial charge in [-0.15, -0.1) is 6.42 Å². The van der Waals surface area contributed by atoms with E-state index in [9.17, 15) is 0 Å². The zero-order valence-electron chi connectivity index (χ0n) is 16.8. The first-order valence-corrected chi connectivity index (χ1v) is 10.3. The molecule has 0 bridgehead atoms. The molecule has 5 rings (SSSR count). The zero-order valence-corrected chi connectivity index (χ0v) is 16.8. The Kier molecular flexibility index (Phi) is 4.96. The molecule has 3 aromatic carbocycles. The van der Waals surface area contributed by atoms with Gasteiger partial charge in [-0.05, 0) is 35.9 Å². The van der Waals surface area contributed by atoms with Gasteiger partial charge in [-0.1, -0.05) is 48.4 Å². The van der Waals surface area contributed by atoms with Gasteiger partial charge in [0.1, 0.15) is 17.3 Å². The molecule has 0 N–H and O–H groups in total. The summed E-state index contributed by atoms with van der Waals surface area (Å²) in [6.45, 7) is 4.62. The van der Waals surface area contributed by atoms with Gasteiger partial charge in [0.25, 0.3) is 0 Å². The third-order valence-corrected chi connectivity index (χ3v) is 5.68. The van der Waals surface area contributed by atoms with Crippen molar-refractivity contribution in [1.29, 1.82) is 0 Å². The Morgan fingerprint density at radius 1 is 0.833 bits per heavy atom. The van der Waals surface area contributed by atoms with Crippen molar-refractivity contribution in [2.24, 2.45) is 4.99 Å². The van der Waals surface area contributed by atoms with E-state index >= 15 is 0 Å². The molecule has 2 aliphatic rings. The van der Waals surface area contributed by atoms with E-state index in [1.807, 2.05) is 54.6 Å². The van der Waals surface area contributed by atoms with E-state index in [1.165, 1.54) is 5.56 Å². The Hall–Kier alpha value is -3.55. The molecule has 0 atom stereocenters. The summed E-state index contributed by atoms with van der Waals surface area (Å²) in [6, 6.07) is 24.3. The molecule has 0 spiro atoms. The Morgan fingerprint density at radius 3 is 2.37 bits per heavy atom. The van der Waals surface area contributed by atoms with Crippen LogP contribution < -0.4 is 4.74 Å². The third-order valence-electron chi connectivity index (χ3n) is 5.68. The van der Waals surface area contributed by atoms with Gasteiger partial charge in [0.05, 0.1) is 5.56 Å². The molecule has 148 valence electrons. The molecule has 0 amide bonds. The highest BCUT2D eigenvalue weighted by Gasteiger charge is 2.25. The lowest BCUT2D eigenvalue weighted by atomic mass is 10.1. The highest BCUT2D eigenvalue weighted by molar-refractivity contribution is 6.03. The Labute approximate surface area is 177 Å². The topological polar surface area (TPSA) is 28.1 Å². The summed E-state index contributed by atoms with van der Waals surface area (Å²) in [6.07, 6.45) is 5.67. The molecule has 4 nitrogen and oxygen atoms in total. The minimum absolute atomic E-state index is 0.796. The van der Waals surface area contributed by atoms with Crippen molar-refractivity contribution in [2.45, 2.75) is 6.54 Å². The van der Waals surface area contributed by atoms with E-state index in [-0.39, 0.29) is 0 Å². The maximum Gasteiger partial charge on any atom is 0.153 e. The van der Waals surface area contributed by atoms with Crippen LogP contribution in [0, 0.1) is 12.3 Å². The van der Waals surface area contributed by atoms with E-state index in [1.54, 1.807) is 0 Å². The average molecular weight is 393 g/mol. The second-order valence-electron chi connectivity index (χ2n) is 7.57. The number of aliphatic imine (C=N–C) groups is 1. The highest BCUT2D eigenvalue weighted by atomic mass is 16.5. The lowest BCUT2D eigenvalue weighted by Gasteiger charge is -2.36. The number of amidine groups is 1. The van der Waals surface area contributed by atoms with Gasteiger partial charge in [-0.3, -0.25) is 4.90 Å². The normalized spacial score (nSPS) is 15.8. The lowest BCUT2D eigenvalue weighted by molar-refractivity contribution is 0.175. The van der Waals surface area contributed by atoms with Gasteiger partial charge in [-0.2, -0.15) is 0 Å². The summed E-state index contributed by atoms with van der Waals surface area (Å²) < 4.78 is 6.18. The number of hydrogen-bond donors (Lipinski definition) is 0. The predicted molar refractivity (Wildman–Crippen MR) is 120 cm³/mol. The molecule has 0 radical (unpaired) electrons. The van der Waals surface area contributed by atoms with Crippen LogP contribution in [0.25, 0.3) is 0 Å². The van der Waals surface area contributed by atoms with Gasteiger partial charge < -0.3 is 9.64 Å². The number of para-hydroxylation sites is 3. The van der Waals surface area contributed by atoms with Crippen molar-refractivity contribution < 1.29 is 4.74 Å². The number of fused-ring (bicyclic) bond motifs is 2. The summed E-state index contributed by atoms with van der Waals surface area (Å²) in [7, 11) is 0. The first-order valence-electron chi connectivity index (χ1n) is 10.3. The molecular weight excluding hydrogens is 370 g/mol. The van der Waals surface area contributed by atoms with Gasteiger partial charge in [0.15, 0.2) is 5.75 Å². The van der Waals surface area contributed by atoms with Gasteiger partial charge in [0.2, 0.25) is 0 Å². The number of nitrogens with zero attached hydrogens (tertiary/aromatic N) is 3. The van der Waals surface area contributed by atoms with E-state index < -0.39 is 0 Å². The predicted octanol–water partition coefficient (Wildman–Crippen LogP) is 4.67. The van der Waals surface area contributed by atoms with E-state index in [0.29, 0.717) is 0 Å².